The highest BCUT2D eigenvalue weighted by Crippen LogP contribution is 2.17. The number of alkyl halides is 1. The smallest absolute Gasteiger partial charge is 0.212 e. The normalized spacial score (nSPS) is 15.6. The van der Waals surface area contributed by atoms with Gasteiger partial charge in [-0.05, 0) is 38.3 Å². The molecule has 1 rings (SSSR count). The van der Waals surface area contributed by atoms with Crippen LogP contribution in [-0.4, -0.2) is 26.1 Å². The zero-order valence-electron chi connectivity index (χ0n) is 10.9. The number of thiophene rings is 1. The number of nitrogens with one attached hydrogen (secondary N) is 1. The zero-order valence-corrected chi connectivity index (χ0v) is 13.3. The first kappa shape index (κ1) is 16.0. The van der Waals surface area contributed by atoms with E-state index in [1.54, 1.807) is 11.3 Å². The summed E-state index contributed by atoms with van der Waals surface area (Å²) < 4.78 is 26.4. The second-order valence-corrected chi connectivity index (χ2v) is 8.26. The minimum atomic E-state index is -3.24. The molecule has 0 amide bonds. The maximum Gasteiger partial charge on any atom is 0.212 e. The quantitative estimate of drug-likeness (QED) is 0.787. The minimum Gasteiger partial charge on any atom is -0.212 e. The van der Waals surface area contributed by atoms with Gasteiger partial charge in [-0.2, -0.15) is 0 Å². The number of sulfonamides is 1. The Balaban J connectivity index is 2.51. The third-order valence-electron chi connectivity index (χ3n) is 2.45. The van der Waals surface area contributed by atoms with Crippen LogP contribution in [0.1, 0.15) is 23.6 Å². The second kappa shape index (κ2) is 6.89. The van der Waals surface area contributed by atoms with Crippen molar-refractivity contribution in [3.63, 3.8) is 0 Å². The van der Waals surface area contributed by atoms with Crippen molar-refractivity contribution in [1.29, 1.82) is 0 Å². The molecule has 0 fully saturated rings. The summed E-state index contributed by atoms with van der Waals surface area (Å²) in [5.74, 6) is 0.421. The maximum absolute atomic E-state index is 11.8. The Morgan fingerprint density at radius 2 is 2.06 bits per heavy atom. The van der Waals surface area contributed by atoms with Crippen molar-refractivity contribution in [1.82, 2.24) is 4.72 Å². The van der Waals surface area contributed by atoms with Crippen LogP contribution in [0.3, 0.4) is 0 Å². The maximum atomic E-state index is 11.8. The topological polar surface area (TPSA) is 46.2 Å². The molecule has 0 saturated carbocycles. The first-order chi connectivity index (χ1) is 8.32. The lowest BCUT2D eigenvalue weighted by atomic mass is 10.2. The van der Waals surface area contributed by atoms with Gasteiger partial charge in [-0.15, -0.1) is 22.9 Å². The monoisotopic (exact) mass is 309 g/mol. The van der Waals surface area contributed by atoms with E-state index in [-0.39, 0.29) is 17.7 Å². The number of hydrogen-bond donors (Lipinski definition) is 1. The van der Waals surface area contributed by atoms with Gasteiger partial charge in [0, 0.05) is 21.7 Å². The molecule has 0 bridgehead atoms. The van der Waals surface area contributed by atoms with Crippen LogP contribution in [0.5, 0.6) is 0 Å². The fraction of sp³-hybridized carbons (Fsp3) is 0.667. The van der Waals surface area contributed by atoms with Gasteiger partial charge < -0.3 is 0 Å². The summed E-state index contributed by atoms with van der Waals surface area (Å²) in [6, 6.07) is 4.01. The number of halogens is 1. The summed E-state index contributed by atoms with van der Waals surface area (Å²) in [6.07, 6.45) is 0.729. The van der Waals surface area contributed by atoms with Crippen molar-refractivity contribution >= 4 is 33.0 Å². The van der Waals surface area contributed by atoms with Crippen molar-refractivity contribution in [2.24, 2.45) is 5.92 Å². The van der Waals surface area contributed by atoms with E-state index in [0.29, 0.717) is 5.88 Å². The Bertz CT molecular complexity index is 470. The third kappa shape index (κ3) is 5.69. The van der Waals surface area contributed by atoms with Gasteiger partial charge in [0.2, 0.25) is 10.0 Å². The molecule has 3 nitrogen and oxygen atoms in total. The molecule has 0 aliphatic heterocycles. The van der Waals surface area contributed by atoms with E-state index in [9.17, 15) is 8.42 Å². The molecule has 0 spiro atoms. The van der Waals surface area contributed by atoms with Crippen LogP contribution in [0.15, 0.2) is 12.1 Å². The first-order valence-electron chi connectivity index (χ1n) is 5.93. The summed E-state index contributed by atoms with van der Waals surface area (Å²) in [7, 11) is -3.24. The van der Waals surface area contributed by atoms with E-state index in [1.165, 1.54) is 9.75 Å². The third-order valence-corrected chi connectivity index (χ3v) is 5.77. The van der Waals surface area contributed by atoms with Crippen molar-refractivity contribution in [3.8, 4) is 0 Å². The highest BCUT2D eigenvalue weighted by atomic mass is 35.5. The molecule has 0 aromatic carbocycles. The largest absolute Gasteiger partial charge is 0.212 e. The lowest BCUT2D eigenvalue weighted by Gasteiger charge is -2.15. The minimum absolute atomic E-state index is 0.0275. The van der Waals surface area contributed by atoms with Crippen LogP contribution in [0.2, 0.25) is 0 Å². The molecule has 0 radical (unpaired) electrons. The molecule has 18 heavy (non-hydrogen) atoms. The van der Waals surface area contributed by atoms with Gasteiger partial charge in [0.1, 0.15) is 0 Å². The average molecular weight is 310 g/mol. The molecular weight excluding hydrogens is 290 g/mol. The second-order valence-electron chi connectivity index (χ2n) is 4.78. The molecule has 0 aliphatic rings. The van der Waals surface area contributed by atoms with Gasteiger partial charge in [0.25, 0.3) is 0 Å². The SMILES string of the molecule is Cc1ccc(CC(C)NS(=O)(=O)CC(C)CCl)s1. The van der Waals surface area contributed by atoms with Crippen LogP contribution in [0.25, 0.3) is 0 Å². The Labute approximate surface area is 119 Å². The fourth-order valence-corrected chi connectivity index (χ4v) is 4.63. The predicted molar refractivity (Wildman–Crippen MR) is 79.0 cm³/mol. The highest BCUT2D eigenvalue weighted by molar-refractivity contribution is 7.89. The van der Waals surface area contributed by atoms with E-state index < -0.39 is 10.0 Å². The lowest BCUT2D eigenvalue weighted by Crippen LogP contribution is -2.37. The molecule has 2 unspecified atom stereocenters. The molecular formula is C12H20ClNO2S2. The molecule has 104 valence electrons. The van der Waals surface area contributed by atoms with Crippen molar-refractivity contribution in [3.05, 3.63) is 21.9 Å². The Morgan fingerprint density at radius 3 is 2.56 bits per heavy atom. The standard InChI is InChI=1S/C12H20ClNO2S2/c1-9(7-13)8-18(15,16)14-10(2)6-12-5-4-11(3)17-12/h4-5,9-10,14H,6-8H2,1-3H3. The van der Waals surface area contributed by atoms with Gasteiger partial charge in [0.05, 0.1) is 5.75 Å². The molecule has 1 aromatic rings. The predicted octanol–water partition coefficient (Wildman–Crippen LogP) is 2.78. The first-order valence-corrected chi connectivity index (χ1v) is 8.94. The van der Waals surface area contributed by atoms with Crippen LogP contribution in [0, 0.1) is 12.8 Å². The Kier molecular flexibility index (Phi) is 6.11. The van der Waals surface area contributed by atoms with Crippen molar-refractivity contribution in [2.45, 2.75) is 33.2 Å². The van der Waals surface area contributed by atoms with E-state index in [4.69, 9.17) is 11.6 Å². The molecule has 6 heteroatoms. The van der Waals surface area contributed by atoms with E-state index >= 15 is 0 Å². The van der Waals surface area contributed by atoms with Gasteiger partial charge >= 0.3 is 0 Å². The van der Waals surface area contributed by atoms with Crippen molar-refractivity contribution in [2.75, 3.05) is 11.6 Å². The lowest BCUT2D eigenvalue weighted by molar-refractivity contribution is 0.550. The van der Waals surface area contributed by atoms with Gasteiger partial charge in [0.15, 0.2) is 0 Å². The van der Waals surface area contributed by atoms with Gasteiger partial charge in [-0.3, -0.25) is 0 Å². The van der Waals surface area contributed by atoms with Crippen LogP contribution >= 0.6 is 22.9 Å². The van der Waals surface area contributed by atoms with Crippen molar-refractivity contribution < 1.29 is 8.42 Å². The fourth-order valence-electron chi connectivity index (χ4n) is 1.71. The van der Waals surface area contributed by atoms with Crippen LogP contribution in [0.4, 0.5) is 0 Å². The number of rotatable bonds is 7. The number of hydrogen-bond acceptors (Lipinski definition) is 3. The molecule has 0 saturated heterocycles. The molecule has 1 heterocycles. The Hall–Kier alpha value is -0.100. The van der Waals surface area contributed by atoms with E-state index in [2.05, 4.69) is 10.8 Å². The van der Waals surface area contributed by atoms with Gasteiger partial charge in [-0.25, -0.2) is 13.1 Å². The average Bonchev–Trinajstić information content (AvgIpc) is 2.61. The highest BCUT2D eigenvalue weighted by Gasteiger charge is 2.18. The summed E-state index contributed by atoms with van der Waals surface area (Å²) in [5.41, 5.74) is 0. The number of aryl methyl sites for hydroxylation is 1. The molecule has 0 aliphatic carbocycles. The summed E-state index contributed by atoms with van der Waals surface area (Å²) in [4.78, 5) is 2.45. The molecule has 1 aromatic heterocycles. The van der Waals surface area contributed by atoms with Gasteiger partial charge in [-0.1, -0.05) is 6.92 Å². The molecule has 1 N–H and O–H groups in total. The Morgan fingerprint density at radius 1 is 1.39 bits per heavy atom. The summed E-state index contributed by atoms with van der Waals surface area (Å²) >= 11 is 7.34. The zero-order chi connectivity index (χ0) is 13.8. The van der Waals surface area contributed by atoms with E-state index in [0.717, 1.165) is 6.42 Å². The van der Waals surface area contributed by atoms with Crippen LogP contribution in [-0.2, 0) is 16.4 Å². The summed E-state index contributed by atoms with van der Waals surface area (Å²) in [6.45, 7) is 5.77. The van der Waals surface area contributed by atoms with E-state index in [1.807, 2.05) is 26.8 Å². The molecule has 2 atom stereocenters. The summed E-state index contributed by atoms with van der Waals surface area (Å²) in [5, 5.41) is 0. The van der Waals surface area contributed by atoms with Crippen LogP contribution < -0.4 is 4.72 Å².